The van der Waals surface area contributed by atoms with Crippen LogP contribution in [0.25, 0.3) is 20.7 Å². The highest BCUT2D eigenvalue weighted by Crippen LogP contribution is 2.32. The van der Waals surface area contributed by atoms with Crippen LogP contribution in [0.3, 0.4) is 0 Å². The summed E-state index contributed by atoms with van der Waals surface area (Å²) in [7, 11) is 3.32. The fourth-order valence-corrected chi connectivity index (χ4v) is 4.73. The first kappa shape index (κ1) is 19.6. The van der Waals surface area contributed by atoms with Crippen molar-refractivity contribution >= 4 is 27.5 Å². The van der Waals surface area contributed by atoms with Crippen LogP contribution in [-0.4, -0.2) is 48.0 Å². The van der Waals surface area contributed by atoms with E-state index < -0.39 is 0 Å². The van der Waals surface area contributed by atoms with Gasteiger partial charge in [-0.25, -0.2) is 4.98 Å². The Kier molecular flexibility index (Phi) is 5.64. The standard InChI is InChI=1S/C21H24N4O3S/c1-22-20(26)14-7-9-25(10-8-14)12-18-23-16-11-17(29-19(16)21(27)24-18)13-3-5-15(28-2)6-4-13/h3-6,11,14H,7-10,12H2,1-2H3,(H,22,26)(H,23,24,27). The van der Waals surface area contributed by atoms with E-state index in [1.54, 1.807) is 14.2 Å². The highest BCUT2D eigenvalue weighted by molar-refractivity contribution is 7.22. The van der Waals surface area contributed by atoms with Crippen molar-refractivity contribution in [1.29, 1.82) is 0 Å². The number of rotatable bonds is 5. The van der Waals surface area contributed by atoms with E-state index >= 15 is 0 Å². The second kappa shape index (κ2) is 8.34. The number of methoxy groups -OCH3 is 1. The van der Waals surface area contributed by atoms with E-state index in [4.69, 9.17) is 4.74 Å². The zero-order chi connectivity index (χ0) is 20.4. The fourth-order valence-electron chi connectivity index (χ4n) is 3.73. The summed E-state index contributed by atoms with van der Waals surface area (Å²) in [5.41, 5.74) is 1.65. The number of piperidine rings is 1. The Bertz CT molecular complexity index is 1070. The maximum atomic E-state index is 12.6. The van der Waals surface area contributed by atoms with E-state index in [9.17, 15) is 9.59 Å². The Labute approximate surface area is 172 Å². The molecule has 152 valence electrons. The number of thiophene rings is 1. The lowest BCUT2D eigenvalue weighted by atomic mass is 9.96. The van der Waals surface area contributed by atoms with Crippen molar-refractivity contribution in [3.05, 3.63) is 46.5 Å². The second-order valence-corrected chi connectivity index (χ2v) is 8.28. The number of hydrogen-bond donors (Lipinski definition) is 2. The minimum atomic E-state index is -0.102. The molecule has 1 saturated heterocycles. The molecule has 0 saturated carbocycles. The van der Waals surface area contributed by atoms with Crippen LogP contribution in [0.4, 0.5) is 0 Å². The van der Waals surface area contributed by atoms with Gasteiger partial charge in [-0.05, 0) is 61.8 Å². The third kappa shape index (κ3) is 4.18. The van der Waals surface area contributed by atoms with Gasteiger partial charge in [-0.2, -0.15) is 0 Å². The van der Waals surface area contributed by atoms with Gasteiger partial charge < -0.3 is 15.0 Å². The van der Waals surface area contributed by atoms with Gasteiger partial charge in [0.15, 0.2) is 0 Å². The zero-order valence-corrected chi connectivity index (χ0v) is 17.3. The lowest BCUT2D eigenvalue weighted by Crippen LogP contribution is -2.39. The quantitative estimate of drug-likeness (QED) is 0.673. The Morgan fingerprint density at radius 1 is 1.31 bits per heavy atom. The van der Waals surface area contributed by atoms with Gasteiger partial charge in [0.1, 0.15) is 16.3 Å². The van der Waals surface area contributed by atoms with Crippen LogP contribution >= 0.6 is 11.3 Å². The molecule has 3 aromatic rings. The molecule has 0 aliphatic carbocycles. The molecule has 3 heterocycles. The average Bonchev–Trinajstić information content (AvgIpc) is 3.18. The summed E-state index contributed by atoms with van der Waals surface area (Å²) in [5, 5.41) is 2.73. The molecule has 4 rings (SSSR count). The van der Waals surface area contributed by atoms with Crippen molar-refractivity contribution in [1.82, 2.24) is 20.2 Å². The summed E-state index contributed by atoms with van der Waals surface area (Å²) in [6.07, 6.45) is 1.65. The number of nitrogens with zero attached hydrogens (tertiary/aromatic N) is 2. The largest absolute Gasteiger partial charge is 0.497 e. The molecule has 1 aliphatic heterocycles. The molecule has 8 heteroatoms. The number of amides is 1. The predicted molar refractivity (Wildman–Crippen MR) is 114 cm³/mol. The topological polar surface area (TPSA) is 87.3 Å². The van der Waals surface area contributed by atoms with Crippen molar-refractivity contribution in [2.24, 2.45) is 5.92 Å². The van der Waals surface area contributed by atoms with E-state index in [1.165, 1.54) is 11.3 Å². The molecule has 1 fully saturated rings. The molecular formula is C21H24N4O3S. The molecule has 0 unspecified atom stereocenters. The molecule has 0 spiro atoms. The van der Waals surface area contributed by atoms with Crippen molar-refractivity contribution in [3.8, 4) is 16.2 Å². The summed E-state index contributed by atoms with van der Waals surface area (Å²) in [4.78, 5) is 35.2. The second-order valence-electron chi connectivity index (χ2n) is 7.23. The van der Waals surface area contributed by atoms with Crippen LogP contribution in [0.1, 0.15) is 18.7 Å². The lowest BCUT2D eigenvalue weighted by molar-refractivity contribution is -0.125. The molecule has 1 aromatic carbocycles. The summed E-state index contributed by atoms with van der Waals surface area (Å²) < 4.78 is 5.84. The van der Waals surface area contributed by atoms with Gasteiger partial charge in [-0.15, -0.1) is 11.3 Å². The first-order valence-electron chi connectivity index (χ1n) is 9.68. The smallest absolute Gasteiger partial charge is 0.268 e. The highest BCUT2D eigenvalue weighted by Gasteiger charge is 2.24. The Hall–Kier alpha value is -2.71. The average molecular weight is 413 g/mol. The number of nitrogens with one attached hydrogen (secondary N) is 2. The van der Waals surface area contributed by atoms with Crippen molar-refractivity contribution in [2.45, 2.75) is 19.4 Å². The lowest BCUT2D eigenvalue weighted by Gasteiger charge is -2.30. The number of hydrogen-bond acceptors (Lipinski definition) is 6. The Morgan fingerprint density at radius 2 is 2.03 bits per heavy atom. The summed E-state index contributed by atoms with van der Waals surface area (Å²) in [6.45, 7) is 2.22. The summed E-state index contributed by atoms with van der Waals surface area (Å²) >= 11 is 1.45. The van der Waals surface area contributed by atoms with Gasteiger partial charge in [0, 0.05) is 17.8 Å². The number of fused-ring (bicyclic) bond motifs is 1. The third-order valence-corrected chi connectivity index (χ3v) is 6.56. The van der Waals surface area contributed by atoms with E-state index in [0.29, 0.717) is 17.1 Å². The number of ether oxygens (including phenoxy) is 1. The molecule has 29 heavy (non-hydrogen) atoms. The first-order chi connectivity index (χ1) is 14.1. The fraction of sp³-hybridized carbons (Fsp3) is 0.381. The van der Waals surface area contributed by atoms with Gasteiger partial charge in [-0.1, -0.05) is 0 Å². The number of carbonyl (C=O) groups excluding carboxylic acids is 1. The van der Waals surface area contributed by atoms with Gasteiger partial charge in [0.25, 0.3) is 5.56 Å². The van der Waals surface area contributed by atoms with Crippen molar-refractivity contribution in [2.75, 3.05) is 27.2 Å². The van der Waals surface area contributed by atoms with Crippen molar-refractivity contribution in [3.63, 3.8) is 0 Å². The zero-order valence-electron chi connectivity index (χ0n) is 16.5. The monoisotopic (exact) mass is 412 g/mol. The summed E-state index contributed by atoms with van der Waals surface area (Å²) in [5.74, 6) is 1.66. The van der Waals surface area contributed by atoms with Crippen LogP contribution < -0.4 is 15.6 Å². The maximum Gasteiger partial charge on any atom is 0.268 e. The molecule has 7 nitrogen and oxygen atoms in total. The first-order valence-corrected chi connectivity index (χ1v) is 10.5. The molecule has 0 bridgehead atoms. The molecule has 2 aromatic heterocycles. The minimum Gasteiger partial charge on any atom is -0.497 e. The number of H-pyrrole nitrogens is 1. The SMILES string of the molecule is CNC(=O)C1CCN(Cc2nc3cc(-c4ccc(OC)cc4)sc3c(=O)[nH]2)CC1. The molecule has 0 atom stereocenters. The van der Waals surface area contributed by atoms with Gasteiger partial charge in [-0.3, -0.25) is 14.5 Å². The van der Waals surface area contributed by atoms with Crippen LogP contribution in [0.5, 0.6) is 5.75 Å². The predicted octanol–water partition coefficient (Wildman–Crippen LogP) is 2.62. The Morgan fingerprint density at radius 3 is 2.69 bits per heavy atom. The normalized spacial score (nSPS) is 15.5. The van der Waals surface area contributed by atoms with Gasteiger partial charge in [0.05, 0.1) is 19.2 Å². The van der Waals surface area contributed by atoms with E-state index in [2.05, 4.69) is 20.2 Å². The third-order valence-electron chi connectivity index (χ3n) is 5.38. The molecule has 2 N–H and O–H groups in total. The van der Waals surface area contributed by atoms with E-state index in [0.717, 1.165) is 47.6 Å². The molecule has 1 aliphatic rings. The van der Waals surface area contributed by atoms with Gasteiger partial charge >= 0.3 is 0 Å². The number of likely N-dealkylation sites (tertiary alicyclic amines) is 1. The number of aromatic nitrogens is 2. The molecular weight excluding hydrogens is 388 g/mol. The molecule has 0 radical (unpaired) electrons. The van der Waals surface area contributed by atoms with Crippen LogP contribution in [0, 0.1) is 5.92 Å². The van der Waals surface area contributed by atoms with Crippen LogP contribution in [-0.2, 0) is 11.3 Å². The highest BCUT2D eigenvalue weighted by atomic mass is 32.1. The van der Waals surface area contributed by atoms with E-state index in [-0.39, 0.29) is 17.4 Å². The Balaban J connectivity index is 1.51. The minimum absolute atomic E-state index is 0.0784. The van der Waals surface area contributed by atoms with E-state index in [1.807, 2.05) is 30.3 Å². The van der Waals surface area contributed by atoms with Crippen LogP contribution in [0.15, 0.2) is 35.1 Å². The van der Waals surface area contributed by atoms with Crippen molar-refractivity contribution < 1.29 is 9.53 Å². The number of aromatic amines is 1. The number of carbonyl (C=O) groups is 1. The summed E-state index contributed by atoms with van der Waals surface area (Å²) in [6, 6.07) is 9.75. The maximum absolute atomic E-state index is 12.6. The molecule has 1 amide bonds. The number of benzene rings is 1. The van der Waals surface area contributed by atoms with Crippen LogP contribution in [0.2, 0.25) is 0 Å². The van der Waals surface area contributed by atoms with Gasteiger partial charge in [0.2, 0.25) is 5.91 Å².